The fourth-order valence-corrected chi connectivity index (χ4v) is 9.82. The number of fused-ring (bicyclic) bond motifs is 1. The number of aliphatic hydroxyl groups excluding tert-OH is 1. The number of phenols is 1. The van der Waals surface area contributed by atoms with Crippen molar-refractivity contribution >= 4 is 75.9 Å². The molecule has 0 spiro atoms. The van der Waals surface area contributed by atoms with Crippen LogP contribution in [0.5, 0.6) is 5.75 Å². The minimum Gasteiger partial charge on any atom is -0.508 e. The molecule has 2 aliphatic heterocycles. The Labute approximate surface area is 478 Å². The first-order chi connectivity index (χ1) is 39.7. The summed E-state index contributed by atoms with van der Waals surface area (Å²) < 4.78 is 0. The molecule has 83 heavy (non-hydrogen) atoms. The number of likely N-dealkylation sites (N-methyl/N-ethyl adjacent to an activating group) is 1. The van der Waals surface area contributed by atoms with Crippen LogP contribution in [-0.4, -0.2) is 177 Å². The molecular formula is C55H76N16O12. The van der Waals surface area contributed by atoms with Crippen molar-refractivity contribution < 1.29 is 58.2 Å². The van der Waals surface area contributed by atoms with Gasteiger partial charge < -0.3 is 84.4 Å². The lowest BCUT2D eigenvalue weighted by molar-refractivity contribution is -0.142. The Kier molecular flexibility index (Phi) is 23.3. The largest absolute Gasteiger partial charge is 0.508 e. The lowest BCUT2D eigenvalue weighted by Gasteiger charge is -2.30. The van der Waals surface area contributed by atoms with Crippen molar-refractivity contribution in [2.75, 3.05) is 33.3 Å². The first kappa shape index (κ1) is 63.1. The van der Waals surface area contributed by atoms with Gasteiger partial charge in [-0.25, -0.2) is 4.98 Å². The van der Waals surface area contributed by atoms with Crippen LogP contribution in [-0.2, 0) is 67.2 Å². The second kappa shape index (κ2) is 30.7. The number of hydrogen-bond acceptors (Lipinski definition) is 14. The summed E-state index contributed by atoms with van der Waals surface area (Å²) in [6.07, 6.45) is 5.65. The summed E-state index contributed by atoms with van der Waals surface area (Å²) in [7, 11) is 1.47. The van der Waals surface area contributed by atoms with Crippen molar-refractivity contribution in [2.24, 2.45) is 22.4 Å². The first-order valence-electron chi connectivity index (χ1n) is 27.6. The summed E-state index contributed by atoms with van der Waals surface area (Å²) in [4.78, 5) is 152. The molecule has 0 saturated carbocycles. The highest BCUT2D eigenvalue weighted by Crippen LogP contribution is 2.22. The number of imidazole rings is 1. The maximum absolute atomic E-state index is 14.4. The lowest BCUT2D eigenvalue weighted by Crippen LogP contribution is -2.60. The summed E-state index contributed by atoms with van der Waals surface area (Å²) in [5, 5.41) is 45.1. The molecule has 10 amide bonds. The number of hydrogen-bond donors (Lipinski definition) is 15. The molecule has 2 aromatic carbocycles. The average Bonchev–Trinajstić information content (AvgIpc) is 4.55. The van der Waals surface area contributed by atoms with Gasteiger partial charge in [-0.1, -0.05) is 44.2 Å². The molecule has 2 fully saturated rings. The van der Waals surface area contributed by atoms with Crippen molar-refractivity contribution in [3.63, 3.8) is 0 Å². The third kappa shape index (κ3) is 18.7. The maximum Gasteiger partial charge on any atom is 0.245 e. The van der Waals surface area contributed by atoms with E-state index in [4.69, 9.17) is 11.5 Å². The van der Waals surface area contributed by atoms with Crippen LogP contribution >= 0.6 is 0 Å². The molecular weight excluding hydrogens is 1080 g/mol. The Morgan fingerprint density at radius 3 is 2.08 bits per heavy atom. The summed E-state index contributed by atoms with van der Waals surface area (Å²) in [5.41, 5.74) is 13.2. The van der Waals surface area contributed by atoms with E-state index in [1.807, 2.05) is 19.9 Å². The predicted octanol–water partition coefficient (Wildman–Crippen LogP) is -2.85. The Morgan fingerprint density at radius 1 is 0.771 bits per heavy atom. The quantitative estimate of drug-likeness (QED) is 0.0142. The third-order valence-corrected chi connectivity index (χ3v) is 14.1. The standard InChI is InChI=1S/C55H76N16O12/c1-30(2)22-39(49(78)66-38(10-6-19-61-55(56)57)54(83)71-21-7-11-44(71)53(82)58-3)65-46(75)18-20-60-47(76)40(23-31-12-14-34(73)15-13-31)67-52(81)43(28-72)70-50(79)41(24-32-26-62-36-9-5-4-8-35(32)36)68-51(80)42(25-33-27-59-29-63-33)69-48(77)37-16-17-45(74)64-37/h4-5,8-9,12-15,26-27,29-30,37-44,62,72-73H,6-7,10-11,16-25,28H2,1-3H3,(H,58,82)(H,59,63)(H,60,76)(H,64,74)(H,65,75)(H,66,78)(H,67,81)(H,68,80)(H,69,77)(H,70,79)(H4,56,57,61)/t37-,38-,39-,40-,41-,42-,43-,44-/m0/s1. The Hall–Kier alpha value is -9.08. The van der Waals surface area contributed by atoms with Crippen LogP contribution in [0.4, 0.5) is 0 Å². The van der Waals surface area contributed by atoms with Gasteiger partial charge in [0.2, 0.25) is 59.1 Å². The number of H-pyrrole nitrogens is 2. The number of aromatic hydroxyl groups is 1. The highest BCUT2D eigenvalue weighted by molar-refractivity contribution is 5.98. The van der Waals surface area contributed by atoms with Crippen LogP contribution < -0.4 is 59.3 Å². The number of amides is 10. The van der Waals surface area contributed by atoms with Gasteiger partial charge in [-0.3, -0.25) is 52.9 Å². The van der Waals surface area contributed by atoms with E-state index in [1.54, 1.807) is 24.4 Å². The van der Waals surface area contributed by atoms with E-state index in [-0.39, 0.29) is 93.9 Å². The van der Waals surface area contributed by atoms with Gasteiger partial charge in [0.15, 0.2) is 5.96 Å². The van der Waals surface area contributed by atoms with E-state index in [0.717, 1.165) is 10.9 Å². The van der Waals surface area contributed by atoms with E-state index in [9.17, 15) is 58.2 Å². The van der Waals surface area contributed by atoms with Crippen molar-refractivity contribution in [3.8, 4) is 5.75 Å². The van der Waals surface area contributed by atoms with Gasteiger partial charge in [-0.05, 0) is 73.8 Å². The van der Waals surface area contributed by atoms with E-state index >= 15 is 0 Å². The number of guanidine groups is 1. The molecule has 6 rings (SSSR count). The number of aliphatic imine (C=N–C) groups is 1. The topological polar surface area (TPSA) is 432 Å². The maximum atomic E-state index is 14.4. The number of likely N-dealkylation sites (tertiary alicyclic amines) is 1. The zero-order chi connectivity index (χ0) is 60.2. The highest BCUT2D eigenvalue weighted by Gasteiger charge is 2.39. The predicted molar refractivity (Wildman–Crippen MR) is 302 cm³/mol. The number of carbonyl (C=O) groups excluding carboxylic acids is 10. The fraction of sp³-hybridized carbons (Fsp3) is 0.491. The molecule has 2 saturated heterocycles. The summed E-state index contributed by atoms with van der Waals surface area (Å²) in [6.45, 7) is 2.87. The number of rotatable bonds is 30. The Balaban J connectivity index is 1.13. The van der Waals surface area contributed by atoms with Gasteiger partial charge in [0.05, 0.1) is 12.9 Å². The van der Waals surface area contributed by atoms with Gasteiger partial charge in [0.1, 0.15) is 54.1 Å². The minimum absolute atomic E-state index is 0.0740. The number of aromatic nitrogens is 3. The van der Waals surface area contributed by atoms with Crippen molar-refractivity contribution in [2.45, 2.75) is 133 Å². The number of aromatic amines is 2. The van der Waals surface area contributed by atoms with Crippen LogP contribution in [0.3, 0.4) is 0 Å². The minimum atomic E-state index is -1.71. The van der Waals surface area contributed by atoms with E-state index in [2.05, 4.69) is 67.8 Å². The first-order valence-corrected chi connectivity index (χ1v) is 27.6. The second-order valence-corrected chi connectivity index (χ2v) is 20.9. The zero-order valence-corrected chi connectivity index (χ0v) is 46.6. The monoisotopic (exact) mass is 1150 g/mol. The number of nitrogens with zero attached hydrogens (tertiary/aromatic N) is 3. The van der Waals surface area contributed by atoms with Crippen LogP contribution in [0.1, 0.15) is 82.0 Å². The molecule has 4 heterocycles. The third-order valence-electron chi connectivity index (χ3n) is 14.1. The van der Waals surface area contributed by atoms with Gasteiger partial charge in [-0.15, -0.1) is 0 Å². The normalized spacial score (nSPS) is 16.9. The van der Waals surface area contributed by atoms with E-state index < -0.39 is 102 Å². The van der Waals surface area contributed by atoms with Crippen LogP contribution in [0, 0.1) is 5.92 Å². The molecule has 0 bridgehead atoms. The number of carbonyl (C=O) groups is 10. The molecule has 28 heteroatoms. The van der Waals surface area contributed by atoms with Crippen LogP contribution in [0.2, 0.25) is 0 Å². The van der Waals surface area contributed by atoms with Gasteiger partial charge in [0.25, 0.3) is 0 Å². The average molecular weight is 1150 g/mol. The van der Waals surface area contributed by atoms with Crippen molar-refractivity contribution in [1.29, 1.82) is 0 Å². The number of para-hydroxylation sites is 1. The van der Waals surface area contributed by atoms with Crippen molar-refractivity contribution in [3.05, 3.63) is 84.1 Å². The van der Waals surface area contributed by atoms with E-state index in [1.165, 1.54) is 48.7 Å². The number of nitrogens with one attached hydrogen (secondary N) is 11. The van der Waals surface area contributed by atoms with Crippen LogP contribution in [0.25, 0.3) is 10.9 Å². The zero-order valence-electron chi connectivity index (χ0n) is 46.6. The summed E-state index contributed by atoms with van der Waals surface area (Å²) >= 11 is 0. The number of benzene rings is 2. The van der Waals surface area contributed by atoms with Crippen molar-refractivity contribution in [1.82, 2.24) is 67.7 Å². The fourth-order valence-electron chi connectivity index (χ4n) is 9.82. The Bertz CT molecular complexity index is 2950. The molecule has 0 unspecified atom stereocenters. The molecule has 2 aliphatic rings. The molecule has 28 nitrogen and oxygen atoms in total. The number of aliphatic hydroxyl groups is 1. The highest BCUT2D eigenvalue weighted by atomic mass is 16.3. The smallest absolute Gasteiger partial charge is 0.245 e. The molecule has 8 atom stereocenters. The van der Waals surface area contributed by atoms with Gasteiger partial charge in [0, 0.05) is 87.8 Å². The van der Waals surface area contributed by atoms with Gasteiger partial charge in [-0.2, -0.15) is 0 Å². The molecule has 4 aromatic rings. The SMILES string of the molecule is CNC(=O)[C@@H]1CCCN1C(=O)[C@H](CCCN=C(N)N)NC(=O)[C@H](CC(C)C)NC(=O)CCNC(=O)[C@H](Cc1ccc(O)cc1)NC(=O)[C@H](CO)NC(=O)[C@H](Cc1c[nH]c2ccccc12)NC(=O)[C@H](Cc1cnc[nH]1)NC(=O)[C@@H]1CCC(=O)N1. The summed E-state index contributed by atoms with van der Waals surface area (Å²) in [6, 6.07) is 3.29. The molecule has 17 N–H and O–H groups in total. The molecule has 0 aliphatic carbocycles. The number of nitrogens with two attached hydrogens (primary N) is 2. The Morgan fingerprint density at radius 2 is 1.43 bits per heavy atom. The van der Waals surface area contributed by atoms with Gasteiger partial charge >= 0.3 is 0 Å². The molecule has 0 radical (unpaired) electrons. The summed E-state index contributed by atoms with van der Waals surface area (Å²) in [5.74, 6) is -6.92. The second-order valence-electron chi connectivity index (χ2n) is 20.9. The molecule has 2 aromatic heterocycles. The van der Waals surface area contributed by atoms with E-state index in [0.29, 0.717) is 42.6 Å². The lowest BCUT2D eigenvalue weighted by atomic mass is 10.0. The molecule has 448 valence electrons. The van der Waals surface area contributed by atoms with Crippen LogP contribution in [0.15, 0.2) is 72.2 Å². The number of phenolic OH excluding ortho intramolecular Hbond substituents is 1.